The fourth-order valence-corrected chi connectivity index (χ4v) is 1.73. The summed E-state index contributed by atoms with van der Waals surface area (Å²) in [6, 6.07) is 5.30. The molecule has 1 aromatic carbocycles. The second-order valence-corrected chi connectivity index (χ2v) is 4.12. The second-order valence-electron chi connectivity index (χ2n) is 4.12. The molecule has 0 amide bonds. The Morgan fingerprint density at radius 1 is 1.20 bits per heavy atom. The molecule has 0 saturated carbocycles. The molecule has 2 rings (SSSR count). The molecular weight excluding hydrogens is 295 g/mol. The molecule has 0 aliphatic rings. The number of hydrogen-bond acceptors (Lipinski definition) is 2. The van der Waals surface area contributed by atoms with Crippen LogP contribution >= 0.6 is 0 Å². The Labute approximate surface area is 158 Å². The molecule has 0 saturated heterocycles. The van der Waals surface area contributed by atoms with Crippen LogP contribution in [-0.2, 0) is 6.54 Å². The van der Waals surface area contributed by atoms with Crippen LogP contribution in [0.1, 0.15) is 6.42 Å². The normalized spacial score (nSPS) is 10.9. The summed E-state index contributed by atoms with van der Waals surface area (Å²) in [6.07, 6.45) is 5.73. The van der Waals surface area contributed by atoms with Crippen LogP contribution in [0.2, 0.25) is 0 Å². The first kappa shape index (κ1) is 17.8. The number of aryl methyl sites for hydroxylation is 1. The Morgan fingerprint density at radius 2 is 1.95 bits per heavy atom. The molecule has 0 radical (unpaired) electrons. The summed E-state index contributed by atoms with van der Waals surface area (Å²) in [5, 5.41) is 0. The summed E-state index contributed by atoms with van der Waals surface area (Å²) in [5.41, 5.74) is -0.676. The first-order valence-electron chi connectivity index (χ1n) is 5.95. The average Bonchev–Trinajstić information content (AvgIpc) is 2.87. The smallest absolute Gasteiger partial charge is 0.497 e. The Hall–Kier alpha value is -0.279. The van der Waals surface area contributed by atoms with Gasteiger partial charge in [-0.15, -0.1) is 0 Å². The van der Waals surface area contributed by atoms with E-state index in [0.29, 0.717) is 13.0 Å². The molecule has 0 atom stereocenters. The molecule has 1 heterocycles. The number of ether oxygens (including phenoxy) is 1. The van der Waals surface area contributed by atoms with Gasteiger partial charge in [0.15, 0.2) is 0 Å². The second kappa shape index (κ2) is 8.23. The van der Waals surface area contributed by atoms with E-state index in [4.69, 9.17) is 4.74 Å². The third-order valence-electron chi connectivity index (χ3n) is 2.65. The minimum Gasteiger partial charge on any atom is -0.497 e. The fourth-order valence-electron chi connectivity index (χ4n) is 1.73. The van der Waals surface area contributed by atoms with Crippen LogP contribution in [0.5, 0.6) is 5.75 Å². The first-order chi connectivity index (χ1) is 9.07. The summed E-state index contributed by atoms with van der Waals surface area (Å²) in [5.74, 6) is -0.0966. The third kappa shape index (κ3) is 5.25. The molecule has 2 aromatic rings. The van der Waals surface area contributed by atoms with Gasteiger partial charge in [0.25, 0.3) is 0 Å². The Balaban J connectivity index is 0.00000200. The van der Waals surface area contributed by atoms with E-state index in [9.17, 15) is 12.9 Å². The van der Waals surface area contributed by atoms with Gasteiger partial charge >= 0.3 is 58.4 Å². The molecule has 102 valence electrons. The van der Waals surface area contributed by atoms with Crippen LogP contribution in [0.3, 0.4) is 0 Å². The van der Waals surface area contributed by atoms with Gasteiger partial charge in [-0.25, -0.2) is 4.98 Å². The van der Waals surface area contributed by atoms with E-state index in [0.717, 1.165) is 6.07 Å². The molecule has 0 N–H and O–H groups in total. The van der Waals surface area contributed by atoms with E-state index in [1.165, 1.54) is 18.2 Å². The Morgan fingerprint density at radius 3 is 2.60 bits per heavy atom. The molecule has 0 spiro atoms. The van der Waals surface area contributed by atoms with Gasteiger partial charge < -0.3 is 22.3 Å². The van der Waals surface area contributed by atoms with Gasteiger partial charge in [0.1, 0.15) is 0 Å². The monoisotopic (exact) mass is 308 g/mol. The van der Waals surface area contributed by atoms with E-state index >= 15 is 0 Å². The molecule has 3 nitrogen and oxygen atoms in total. The van der Waals surface area contributed by atoms with E-state index in [2.05, 4.69) is 4.98 Å². The number of imidazole rings is 1. The number of nitrogens with zero attached hydrogens (tertiary/aromatic N) is 2. The fraction of sp³-hybridized carbons (Fsp3) is 0.250. The number of rotatable bonds is 6. The largest absolute Gasteiger partial charge is 1.00 e. The molecule has 1 aromatic heterocycles. The average molecular weight is 308 g/mol. The predicted octanol–water partition coefficient (Wildman–Crippen LogP) is -0.589. The van der Waals surface area contributed by atoms with Crippen LogP contribution < -0.4 is 61.6 Å². The zero-order chi connectivity index (χ0) is 13.7. The summed E-state index contributed by atoms with van der Waals surface area (Å²) >= 11 is 0. The van der Waals surface area contributed by atoms with Gasteiger partial charge in [-0.2, -0.15) is 0 Å². The molecule has 0 bridgehead atoms. The topological polar surface area (TPSA) is 27.1 Å². The van der Waals surface area contributed by atoms with Crippen molar-refractivity contribution in [2.45, 2.75) is 13.0 Å². The van der Waals surface area contributed by atoms with Crippen LogP contribution in [0.4, 0.5) is 12.9 Å². The maximum Gasteiger partial charge on any atom is 1.00 e. The third-order valence-corrected chi connectivity index (χ3v) is 2.65. The van der Waals surface area contributed by atoms with Crippen molar-refractivity contribution in [1.29, 1.82) is 0 Å². The number of benzene rings is 1. The van der Waals surface area contributed by atoms with Crippen molar-refractivity contribution < 1.29 is 69.1 Å². The SMILES string of the molecule is F[B-](F)(F)c1ccccc1OCCCn1ccnc1.[K+]. The van der Waals surface area contributed by atoms with Crippen molar-refractivity contribution in [2.75, 3.05) is 6.61 Å². The number of aromatic nitrogens is 2. The van der Waals surface area contributed by atoms with E-state index in [-0.39, 0.29) is 63.7 Å². The maximum atomic E-state index is 12.8. The minimum atomic E-state index is -5.04. The molecule has 0 fully saturated rings. The molecule has 8 heteroatoms. The summed E-state index contributed by atoms with van der Waals surface area (Å²) < 4.78 is 45.3. The van der Waals surface area contributed by atoms with Gasteiger partial charge in [0.2, 0.25) is 0 Å². The number of para-hydroxylation sites is 1. The summed E-state index contributed by atoms with van der Waals surface area (Å²) in [6.45, 7) is -4.13. The molecule has 0 unspecified atom stereocenters. The van der Waals surface area contributed by atoms with Crippen molar-refractivity contribution in [2.24, 2.45) is 0 Å². The summed E-state index contributed by atoms with van der Waals surface area (Å²) in [7, 11) is 0. The van der Waals surface area contributed by atoms with E-state index < -0.39 is 12.4 Å². The molecule has 0 aliphatic carbocycles. The zero-order valence-corrected chi connectivity index (χ0v) is 14.3. The van der Waals surface area contributed by atoms with Gasteiger partial charge in [-0.3, -0.25) is 0 Å². The predicted molar refractivity (Wildman–Crippen MR) is 67.5 cm³/mol. The maximum absolute atomic E-state index is 12.8. The van der Waals surface area contributed by atoms with Crippen LogP contribution in [0.25, 0.3) is 0 Å². The van der Waals surface area contributed by atoms with Crippen molar-refractivity contribution in [3.05, 3.63) is 43.0 Å². The van der Waals surface area contributed by atoms with Crippen molar-refractivity contribution >= 4 is 12.4 Å². The van der Waals surface area contributed by atoms with Crippen molar-refractivity contribution in [3.63, 3.8) is 0 Å². The van der Waals surface area contributed by atoms with E-state index in [1.807, 2.05) is 4.57 Å². The molecule has 20 heavy (non-hydrogen) atoms. The van der Waals surface area contributed by atoms with Crippen LogP contribution in [0.15, 0.2) is 43.0 Å². The first-order valence-corrected chi connectivity index (χ1v) is 5.95. The summed E-state index contributed by atoms with van der Waals surface area (Å²) in [4.78, 5) is 3.88. The molecule has 0 aliphatic heterocycles. The Bertz CT molecular complexity index is 520. The standard InChI is InChI=1S/C12H13BF3N2O.K/c14-13(15,16)11-4-1-2-5-12(11)19-9-3-7-18-8-6-17-10-18;/h1-2,4-6,8,10H,3,7,9H2;/q-1;+1. The van der Waals surface area contributed by atoms with Gasteiger partial charge in [0, 0.05) is 18.9 Å². The Kier molecular flexibility index (Phi) is 7.32. The number of hydrogen-bond donors (Lipinski definition) is 0. The van der Waals surface area contributed by atoms with Crippen LogP contribution in [0, 0.1) is 0 Å². The van der Waals surface area contributed by atoms with Crippen LogP contribution in [-0.4, -0.2) is 23.1 Å². The van der Waals surface area contributed by atoms with E-state index in [1.54, 1.807) is 18.7 Å². The molecular formula is C12H13BF3KN2O. The van der Waals surface area contributed by atoms with Gasteiger partial charge in [-0.1, -0.05) is 23.7 Å². The zero-order valence-electron chi connectivity index (χ0n) is 11.2. The quantitative estimate of drug-likeness (QED) is 0.527. The van der Waals surface area contributed by atoms with Gasteiger partial charge in [0.05, 0.1) is 18.7 Å². The van der Waals surface area contributed by atoms with Crippen molar-refractivity contribution in [3.8, 4) is 5.75 Å². The van der Waals surface area contributed by atoms with Gasteiger partial charge in [-0.05, 0) is 12.5 Å². The minimum absolute atomic E-state index is 0. The van der Waals surface area contributed by atoms with Crippen molar-refractivity contribution in [1.82, 2.24) is 9.55 Å². The number of halogens is 3.